The molecular weight excluding hydrogens is 198 g/mol. The summed E-state index contributed by atoms with van der Waals surface area (Å²) in [6.07, 6.45) is 4.86. The van der Waals surface area contributed by atoms with Crippen LogP contribution in [0.5, 0.6) is 0 Å². The Labute approximate surface area is 83.8 Å². The van der Waals surface area contributed by atoms with Crippen LogP contribution in [0.15, 0.2) is 36.2 Å². The first kappa shape index (κ1) is 8.76. The average molecular weight is 205 g/mol. The van der Waals surface area contributed by atoms with E-state index in [-0.39, 0.29) is 0 Å². The summed E-state index contributed by atoms with van der Waals surface area (Å²) in [4.78, 5) is 8.13. The van der Waals surface area contributed by atoms with Gasteiger partial charge in [0, 0.05) is 0 Å². The van der Waals surface area contributed by atoms with E-state index in [0.717, 1.165) is 10.3 Å². The van der Waals surface area contributed by atoms with E-state index in [9.17, 15) is 0 Å². The number of nitrogens with zero attached hydrogens (tertiary/aromatic N) is 4. The molecule has 1 N–H and O–H groups in total. The van der Waals surface area contributed by atoms with Gasteiger partial charge < -0.3 is 4.98 Å². The molecule has 0 spiro atoms. The summed E-state index contributed by atoms with van der Waals surface area (Å²) in [5.74, 6) is 0. The molecular formula is C8H7N5S. The Bertz CT molecular complexity index is 396. The molecule has 0 amide bonds. The normalized spacial score (nSPS) is 9.43. The molecule has 0 aromatic carbocycles. The molecule has 14 heavy (non-hydrogen) atoms. The van der Waals surface area contributed by atoms with Crippen LogP contribution in [0.1, 0.15) is 0 Å². The van der Waals surface area contributed by atoms with Gasteiger partial charge in [0.25, 0.3) is 0 Å². The Hall–Kier alpha value is -1.82. The first-order valence-electron chi connectivity index (χ1n) is 3.92. The van der Waals surface area contributed by atoms with Crippen molar-refractivity contribution in [3.05, 3.63) is 36.2 Å². The molecule has 0 saturated carbocycles. The van der Waals surface area contributed by atoms with E-state index in [2.05, 4.69) is 25.4 Å². The second kappa shape index (κ2) is 4.43. The monoisotopic (exact) mass is 205 g/mol. The highest BCUT2D eigenvalue weighted by Gasteiger charge is 1.91. The van der Waals surface area contributed by atoms with Crippen molar-refractivity contribution in [2.24, 2.45) is 0 Å². The predicted molar refractivity (Wildman–Crippen MR) is 53.8 cm³/mol. The zero-order chi connectivity index (χ0) is 9.64. The van der Waals surface area contributed by atoms with Crippen molar-refractivity contribution in [1.82, 2.24) is 25.4 Å². The van der Waals surface area contributed by atoms with Crippen LogP contribution in [0.4, 0.5) is 0 Å². The average Bonchev–Trinajstić information content (AvgIpc) is 2.82. The van der Waals surface area contributed by atoms with Gasteiger partial charge in [-0.15, -0.1) is 21.5 Å². The number of H-pyrrole nitrogens is 1. The van der Waals surface area contributed by atoms with E-state index < -0.39 is 0 Å². The summed E-state index contributed by atoms with van der Waals surface area (Å²) in [5, 5.41) is 12.2. The van der Waals surface area contributed by atoms with Gasteiger partial charge in [0.1, 0.15) is 4.83 Å². The Kier molecular flexibility index (Phi) is 2.77. The standard InChI is InChI=1S/C5H4N2S.C3H3N3/c1-2-8-5-4(1)6-3-7-5;1-2-4-6-5-3-1/h1-3H,(H,6,7);1-3H. The van der Waals surface area contributed by atoms with Crippen LogP contribution in [0.3, 0.4) is 0 Å². The van der Waals surface area contributed by atoms with E-state index in [4.69, 9.17) is 0 Å². The molecule has 0 unspecified atom stereocenters. The first-order valence-corrected chi connectivity index (χ1v) is 4.80. The highest BCUT2D eigenvalue weighted by Crippen LogP contribution is 2.14. The molecule has 0 fully saturated rings. The third-order valence-electron chi connectivity index (χ3n) is 1.46. The third kappa shape index (κ3) is 2.11. The van der Waals surface area contributed by atoms with E-state index in [0.29, 0.717) is 0 Å². The summed E-state index contributed by atoms with van der Waals surface area (Å²) in [5.41, 5.74) is 1.13. The number of imidazole rings is 1. The van der Waals surface area contributed by atoms with E-state index >= 15 is 0 Å². The Morgan fingerprint density at radius 1 is 1.21 bits per heavy atom. The predicted octanol–water partition coefficient (Wildman–Crippen LogP) is 1.50. The van der Waals surface area contributed by atoms with Crippen molar-refractivity contribution >= 4 is 21.7 Å². The minimum Gasteiger partial charge on any atom is -0.344 e. The first-order chi connectivity index (χ1) is 6.97. The SMILES string of the molecule is c1cnnnc1.c1nc2sccc2[nH]1. The summed E-state index contributed by atoms with van der Waals surface area (Å²) >= 11 is 1.65. The molecule has 0 radical (unpaired) electrons. The van der Waals surface area contributed by atoms with Gasteiger partial charge in [0.05, 0.1) is 24.2 Å². The maximum atomic E-state index is 4.04. The summed E-state index contributed by atoms with van der Waals surface area (Å²) < 4.78 is 0. The van der Waals surface area contributed by atoms with Gasteiger partial charge in [0.15, 0.2) is 0 Å². The minimum absolute atomic E-state index is 1.09. The van der Waals surface area contributed by atoms with Crippen molar-refractivity contribution in [3.8, 4) is 0 Å². The van der Waals surface area contributed by atoms with Gasteiger partial charge in [-0.1, -0.05) is 0 Å². The van der Waals surface area contributed by atoms with Crippen LogP contribution in [0.2, 0.25) is 0 Å². The van der Waals surface area contributed by atoms with Crippen molar-refractivity contribution in [1.29, 1.82) is 0 Å². The number of hydrogen-bond acceptors (Lipinski definition) is 5. The lowest BCUT2D eigenvalue weighted by atomic mass is 10.6. The quantitative estimate of drug-likeness (QED) is 0.603. The highest BCUT2D eigenvalue weighted by molar-refractivity contribution is 7.16. The van der Waals surface area contributed by atoms with Crippen LogP contribution < -0.4 is 0 Å². The lowest BCUT2D eigenvalue weighted by Crippen LogP contribution is -1.78. The maximum absolute atomic E-state index is 4.04. The molecule has 6 heteroatoms. The molecule has 70 valence electrons. The van der Waals surface area contributed by atoms with Crippen molar-refractivity contribution in [2.75, 3.05) is 0 Å². The molecule has 0 aliphatic rings. The largest absolute Gasteiger partial charge is 0.344 e. The Balaban J connectivity index is 0.000000112. The Morgan fingerprint density at radius 2 is 2.07 bits per heavy atom. The summed E-state index contributed by atoms with van der Waals surface area (Å²) in [6, 6.07) is 3.74. The lowest BCUT2D eigenvalue weighted by molar-refractivity contribution is 0.865. The molecule has 0 saturated heterocycles. The third-order valence-corrected chi connectivity index (χ3v) is 2.28. The highest BCUT2D eigenvalue weighted by atomic mass is 32.1. The van der Waals surface area contributed by atoms with Gasteiger partial charge in [-0.2, -0.15) is 0 Å². The fourth-order valence-corrected chi connectivity index (χ4v) is 1.58. The molecule has 3 aromatic rings. The summed E-state index contributed by atoms with van der Waals surface area (Å²) in [6.45, 7) is 0. The van der Waals surface area contributed by atoms with Gasteiger partial charge in [0.2, 0.25) is 0 Å². The number of nitrogens with one attached hydrogen (secondary N) is 1. The van der Waals surface area contributed by atoms with Crippen LogP contribution in [-0.2, 0) is 0 Å². The molecule has 0 aliphatic heterocycles. The van der Waals surface area contributed by atoms with E-state index in [1.54, 1.807) is 36.1 Å². The fraction of sp³-hybridized carbons (Fsp3) is 0. The van der Waals surface area contributed by atoms with Crippen LogP contribution in [-0.4, -0.2) is 25.4 Å². The number of aromatic nitrogens is 5. The molecule has 3 rings (SSSR count). The molecule has 0 bridgehead atoms. The number of thiophene rings is 1. The fourth-order valence-electron chi connectivity index (χ4n) is 0.876. The molecule has 5 nitrogen and oxygen atoms in total. The number of aromatic amines is 1. The zero-order valence-electron chi connectivity index (χ0n) is 7.16. The van der Waals surface area contributed by atoms with Crippen molar-refractivity contribution in [3.63, 3.8) is 0 Å². The minimum atomic E-state index is 1.09. The second-order valence-electron chi connectivity index (χ2n) is 2.35. The van der Waals surface area contributed by atoms with Gasteiger partial charge in [-0.05, 0) is 22.7 Å². The second-order valence-corrected chi connectivity index (χ2v) is 3.25. The van der Waals surface area contributed by atoms with Gasteiger partial charge >= 0.3 is 0 Å². The van der Waals surface area contributed by atoms with Gasteiger partial charge in [-0.3, -0.25) is 0 Å². The molecule has 3 heterocycles. The van der Waals surface area contributed by atoms with Crippen molar-refractivity contribution in [2.45, 2.75) is 0 Å². The zero-order valence-corrected chi connectivity index (χ0v) is 7.98. The number of rotatable bonds is 0. The number of hydrogen-bond donors (Lipinski definition) is 1. The topological polar surface area (TPSA) is 67.3 Å². The molecule has 0 atom stereocenters. The Morgan fingerprint density at radius 3 is 2.64 bits per heavy atom. The van der Waals surface area contributed by atoms with Crippen LogP contribution in [0, 0.1) is 0 Å². The number of fused-ring (bicyclic) bond motifs is 1. The van der Waals surface area contributed by atoms with Gasteiger partial charge in [-0.25, -0.2) is 4.98 Å². The van der Waals surface area contributed by atoms with E-state index in [1.165, 1.54) is 0 Å². The van der Waals surface area contributed by atoms with E-state index in [1.807, 2.05) is 11.4 Å². The van der Waals surface area contributed by atoms with Crippen LogP contribution in [0.25, 0.3) is 10.3 Å². The molecule has 0 aliphatic carbocycles. The summed E-state index contributed by atoms with van der Waals surface area (Å²) in [7, 11) is 0. The maximum Gasteiger partial charge on any atom is 0.141 e. The lowest BCUT2D eigenvalue weighted by Gasteiger charge is -1.68. The van der Waals surface area contributed by atoms with Crippen molar-refractivity contribution < 1.29 is 0 Å². The molecule has 3 aromatic heterocycles. The smallest absolute Gasteiger partial charge is 0.141 e. The van der Waals surface area contributed by atoms with Crippen LogP contribution >= 0.6 is 11.3 Å².